The van der Waals surface area contributed by atoms with Gasteiger partial charge in [0, 0.05) is 18.7 Å². The molecule has 2 heterocycles. The van der Waals surface area contributed by atoms with Crippen LogP contribution in [0.15, 0.2) is 41.1 Å². The number of pyridine rings is 1. The summed E-state index contributed by atoms with van der Waals surface area (Å²) < 4.78 is 5.38. The zero-order valence-electron chi connectivity index (χ0n) is 10.6. The molecule has 3 rings (SSSR count). The molecule has 2 aromatic rings. The van der Waals surface area contributed by atoms with Gasteiger partial charge in [-0.15, -0.1) is 0 Å². The highest BCUT2D eigenvalue weighted by Gasteiger charge is 2.24. The molecule has 0 saturated heterocycles. The van der Waals surface area contributed by atoms with E-state index in [-0.39, 0.29) is 0 Å². The number of furan rings is 1. The molecule has 0 aliphatic heterocycles. The standard InChI is InChI=1S/C15H18N2O/c1-11(10-13-5-3-9-18-13)17-14-7-6-12-4-2-8-16-15(12)14/h2-5,8-9,11,14,17H,6-7,10H2,1H3. The number of nitrogens with one attached hydrogen (secondary N) is 1. The first-order chi connectivity index (χ1) is 8.83. The fourth-order valence-electron chi connectivity index (χ4n) is 2.71. The Hall–Kier alpha value is -1.61. The van der Waals surface area contributed by atoms with E-state index >= 15 is 0 Å². The normalized spacial score (nSPS) is 19.7. The minimum Gasteiger partial charge on any atom is -0.469 e. The van der Waals surface area contributed by atoms with Crippen LogP contribution in [0.4, 0.5) is 0 Å². The summed E-state index contributed by atoms with van der Waals surface area (Å²) in [6.45, 7) is 2.20. The molecule has 94 valence electrons. The predicted octanol–water partition coefficient (Wildman–Crippen LogP) is 2.88. The van der Waals surface area contributed by atoms with Crippen LogP contribution in [0.1, 0.15) is 36.4 Å². The average molecular weight is 242 g/mol. The maximum Gasteiger partial charge on any atom is 0.105 e. The van der Waals surface area contributed by atoms with Crippen molar-refractivity contribution in [3.8, 4) is 0 Å². The molecule has 18 heavy (non-hydrogen) atoms. The molecular formula is C15H18N2O. The van der Waals surface area contributed by atoms with Gasteiger partial charge in [0.1, 0.15) is 5.76 Å². The molecule has 2 unspecified atom stereocenters. The molecule has 0 amide bonds. The molecule has 0 bridgehead atoms. The fraction of sp³-hybridized carbons (Fsp3) is 0.400. The van der Waals surface area contributed by atoms with Gasteiger partial charge < -0.3 is 9.73 Å². The third-order valence-electron chi connectivity index (χ3n) is 3.53. The number of aromatic nitrogens is 1. The maximum absolute atomic E-state index is 5.38. The number of nitrogens with zero attached hydrogens (tertiary/aromatic N) is 1. The minimum atomic E-state index is 0.395. The van der Waals surface area contributed by atoms with Crippen molar-refractivity contribution in [2.75, 3.05) is 0 Å². The second-order valence-electron chi connectivity index (χ2n) is 4.99. The first-order valence-electron chi connectivity index (χ1n) is 6.55. The topological polar surface area (TPSA) is 38.1 Å². The molecule has 2 atom stereocenters. The van der Waals surface area contributed by atoms with Crippen molar-refractivity contribution in [1.82, 2.24) is 10.3 Å². The molecule has 0 radical (unpaired) electrons. The summed E-state index contributed by atoms with van der Waals surface area (Å²) in [5.41, 5.74) is 2.61. The summed E-state index contributed by atoms with van der Waals surface area (Å²) >= 11 is 0. The molecular weight excluding hydrogens is 224 g/mol. The van der Waals surface area contributed by atoms with Crippen LogP contribution in [-0.4, -0.2) is 11.0 Å². The Kier molecular flexibility index (Phi) is 3.15. The van der Waals surface area contributed by atoms with E-state index in [0.29, 0.717) is 12.1 Å². The molecule has 3 heteroatoms. The summed E-state index contributed by atoms with van der Waals surface area (Å²) in [6.07, 6.45) is 6.82. The van der Waals surface area contributed by atoms with Gasteiger partial charge in [0.15, 0.2) is 0 Å². The molecule has 0 saturated carbocycles. The molecule has 1 N–H and O–H groups in total. The first kappa shape index (κ1) is 11.5. The second-order valence-corrected chi connectivity index (χ2v) is 4.99. The highest BCUT2D eigenvalue weighted by Crippen LogP contribution is 2.29. The van der Waals surface area contributed by atoms with Crippen molar-refractivity contribution in [1.29, 1.82) is 0 Å². The Morgan fingerprint density at radius 2 is 2.39 bits per heavy atom. The number of hydrogen-bond donors (Lipinski definition) is 1. The minimum absolute atomic E-state index is 0.395. The Morgan fingerprint density at radius 1 is 1.44 bits per heavy atom. The summed E-state index contributed by atoms with van der Waals surface area (Å²) in [7, 11) is 0. The van der Waals surface area contributed by atoms with E-state index in [2.05, 4.69) is 23.3 Å². The molecule has 1 aliphatic rings. The van der Waals surface area contributed by atoms with Gasteiger partial charge in [-0.25, -0.2) is 0 Å². The van der Waals surface area contributed by atoms with Gasteiger partial charge in [-0.3, -0.25) is 4.98 Å². The monoisotopic (exact) mass is 242 g/mol. The van der Waals surface area contributed by atoms with Crippen molar-refractivity contribution < 1.29 is 4.42 Å². The highest BCUT2D eigenvalue weighted by atomic mass is 16.3. The van der Waals surface area contributed by atoms with Gasteiger partial charge in [0.05, 0.1) is 18.0 Å². The molecule has 0 fully saturated rings. The van der Waals surface area contributed by atoms with Crippen molar-refractivity contribution >= 4 is 0 Å². The molecule has 1 aliphatic carbocycles. The third-order valence-corrected chi connectivity index (χ3v) is 3.53. The lowest BCUT2D eigenvalue weighted by atomic mass is 10.1. The van der Waals surface area contributed by atoms with E-state index in [1.807, 2.05) is 24.4 Å². The number of rotatable bonds is 4. The summed E-state index contributed by atoms with van der Waals surface area (Å²) in [4.78, 5) is 4.50. The smallest absolute Gasteiger partial charge is 0.105 e. The van der Waals surface area contributed by atoms with Gasteiger partial charge in [0.25, 0.3) is 0 Å². The average Bonchev–Trinajstić information content (AvgIpc) is 3.00. The number of fused-ring (bicyclic) bond motifs is 1. The van der Waals surface area contributed by atoms with E-state index in [1.54, 1.807) is 6.26 Å². The first-order valence-corrected chi connectivity index (χ1v) is 6.55. The molecule has 0 aromatic carbocycles. The van der Waals surface area contributed by atoms with Crippen LogP contribution < -0.4 is 5.32 Å². The van der Waals surface area contributed by atoms with E-state index in [4.69, 9.17) is 4.42 Å². The zero-order valence-corrected chi connectivity index (χ0v) is 10.6. The highest BCUT2D eigenvalue weighted by molar-refractivity contribution is 5.28. The molecule has 2 aromatic heterocycles. The Labute approximate surface area is 107 Å². The lowest BCUT2D eigenvalue weighted by Gasteiger charge is -2.18. The fourth-order valence-corrected chi connectivity index (χ4v) is 2.71. The van der Waals surface area contributed by atoms with Gasteiger partial charge in [-0.1, -0.05) is 6.07 Å². The van der Waals surface area contributed by atoms with E-state index in [0.717, 1.165) is 25.0 Å². The summed E-state index contributed by atoms with van der Waals surface area (Å²) in [5.74, 6) is 1.04. The third kappa shape index (κ3) is 2.31. The molecule has 0 spiro atoms. The van der Waals surface area contributed by atoms with E-state index in [9.17, 15) is 0 Å². The van der Waals surface area contributed by atoms with Crippen LogP contribution in [0.2, 0.25) is 0 Å². The maximum atomic E-state index is 5.38. The van der Waals surface area contributed by atoms with Crippen LogP contribution in [0.25, 0.3) is 0 Å². The Balaban J connectivity index is 1.64. The largest absolute Gasteiger partial charge is 0.469 e. The van der Waals surface area contributed by atoms with Crippen LogP contribution in [0.3, 0.4) is 0 Å². The SMILES string of the molecule is CC(Cc1ccco1)NC1CCc2cccnc21. The van der Waals surface area contributed by atoms with Crippen LogP contribution in [0.5, 0.6) is 0 Å². The van der Waals surface area contributed by atoms with Gasteiger partial charge in [-0.05, 0) is 43.5 Å². The van der Waals surface area contributed by atoms with Crippen LogP contribution in [-0.2, 0) is 12.8 Å². The number of hydrogen-bond acceptors (Lipinski definition) is 3. The lowest BCUT2D eigenvalue weighted by molar-refractivity contribution is 0.411. The lowest BCUT2D eigenvalue weighted by Crippen LogP contribution is -2.31. The van der Waals surface area contributed by atoms with Gasteiger partial charge in [-0.2, -0.15) is 0 Å². The number of aryl methyl sites for hydroxylation is 1. The van der Waals surface area contributed by atoms with Crippen LogP contribution >= 0.6 is 0 Å². The zero-order chi connectivity index (χ0) is 12.4. The van der Waals surface area contributed by atoms with Crippen molar-refractivity contribution in [3.63, 3.8) is 0 Å². The summed E-state index contributed by atoms with van der Waals surface area (Å²) in [5, 5.41) is 3.65. The quantitative estimate of drug-likeness (QED) is 0.896. The Morgan fingerprint density at radius 3 is 3.22 bits per heavy atom. The van der Waals surface area contributed by atoms with Crippen LogP contribution in [0, 0.1) is 0 Å². The van der Waals surface area contributed by atoms with Crippen molar-refractivity contribution in [2.24, 2.45) is 0 Å². The van der Waals surface area contributed by atoms with Crippen molar-refractivity contribution in [3.05, 3.63) is 53.7 Å². The Bertz CT molecular complexity index is 507. The molecule has 3 nitrogen and oxygen atoms in total. The van der Waals surface area contributed by atoms with E-state index < -0.39 is 0 Å². The van der Waals surface area contributed by atoms with Gasteiger partial charge in [0.2, 0.25) is 0 Å². The van der Waals surface area contributed by atoms with E-state index in [1.165, 1.54) is 11.3 Å². The second kappa shape index (κ2) is 4.94. The van der Waals surface area contributed by atoms with Gasteiger partial charge >= 0.3 is 0 Å². The van der Waals surface area contributed by atoms with Crippen molar-refractivity contribution in [2.45, 2.75) is 38.3 Å². The predicted molar refractivity (Wildman–Crippen MR) is 70.3 cm³/mol. The summed E-state index contributed by atoms with van der Waals surface area (Å²) in [6, 6.07) is 8.96.